The fourth-order valence-electron chi connectivity index (χ4n) is 1.27. The predicted octanol–water partition coefficient (Wildman–Crippen LogP) is 3.55. The molecule has 0 aliphatic rings. The molecule has 1 heterocycles. The van der Waals surface area contributed by atoms with Crippen LogP contribution in [-0.4, -0.2) is 23.2 Å². The zero-order chi connectivity index (χ0) is 12.0. The lowest BCUT2D eigenvalue weighted by Crippen LogP contribution is -2.30. The molecule has 2 nitrogen and oxygen atoms in total. The molecule has 0 fully saturated rings. The average molecular weight is 278 g/mol. The van der Waals surface area contributed by atoms with Crippen LogP contribution in [0.3, 0.4) is 0 Å². The molecule has 1 aromatic rings. The first kappa shape index (κ1) is 13.6. The van der Waals surface area contributed by atoms with E-state index in [1.807, 2.05) is 12.1 Å². The third kappa shape index (κ3) is 4.16. The van der Waals surface area contributed by atoms with Crippen molar-refractivity contribution in [2.24, 2.45) is 0 Å². The summed E-state index contributed by atoms with van der Waals surface area (Å²) in [4.78, 5) is 14.5. The maximum atomic E-state index is 11.7. The van der Waals surface area contributed by atoms with E-state index >= 15 is 0 Å². The first-order chi connectivity index (χ1) is 7.67. The first-order valence-corrected chi connectivity index (χ1v) is 6.59. The number of hydrogen-bond donors (Lipinski definition) is 0. The summed E-state index contributed by atoms with van der Waals surface area (Å²) < 4.78 is 0.735. The Morgan fingerprint density at radius 2 is 2.31 bits per heavy atom. The van der Waals surface area contributed by atoms with Gasteiger partial charge in [0.15, 0.2) is 0 Å². The molecule has 5 heteroatoms. The van der Waals surface area contributed by atoms with E-state index in [9.17, 15) is 4.79 Å². The Hall–Kier alpha value is -0.510. The van der Waals surface area contributed by atoms with Crippen molar-refractivity contribution in [3.8, 4) is 0 Å². The van der Waals surface area contributed by atoms with Crippen LogP contribution in [-0.2, 0) is 11.3 Å². The molecule has 1 amide bonds. The van der Waals surface area contributed by atoms with Gasteiger partial charge < -0.3 is 4.90 Å². The Labute approximate surface area is 109 Å². The van der Waals surface area contributed by atoms with Crippen LogP contribution < -0.4 is 0 Å². The lowest BCUT2D eigenvalue weighted by Gasteiger charge is -2.19. The van der Waals surface area contributed by atoms with Gasteiger partial charge in [-0.15, -0.1) is 29.5 Å². The van der Waals surface area contributed by atoms with E-state index in [0.717, 1.165) is 9.21 Å². The van der Waals surface area contributed by atoms with Gasteiger partial charge in [-0.3, -0.25) is 4.79 Å². The van der Waals surface area contributed by atoms with Crippen molar-refractivity contribution >= 4 is 40.4 Å². The summed E-state index contributed by atoms with van der Waals surface area (Å²) in [6.45, 7) is 4.74. The Balaban J connectivity index is 2.63. The summed E-state index contributed by atoms with van der Waals surface area (Å²) in [6, 6.07) is 3.76. The standard InChI is InChI=1S/C11H13Cl2NOS/c1-2-7-14(11(15)5-6-12)8-9-3-4-10(13)16-9/h2-4H,1,5-8H2. The summed E-state index contributed by atoms with van der Waals surface area (Å²) in [5.74, 6) is 0.386. The summed E-state index contributed by atoms with van der Waals surface area (Å²) >= 11 is 12.9. The van der Waals surface area contributed by atoms with Crippen LogP contribution in [0.2, 0.25) is 4.34 Å². The molecule has 0 aromatic carbocycles. The molecule has 0 N–H and O–H groups in total. The molecular formula is C11H13Cl2NOS. The number of hydrogen-bond acceptors (Lipinski definition) is 2. The van der Waals surface area contributed by atoms with Gasteiger partial charge in [0.1, 0.15) is 0 Å². The van der Waals surface area contributed by atoms with Gasteiger partial charge in [0.05, 0.1) is 10.9 Å². The minimum Gasteiger partial charge on any atom is -0.334 e. The van der Waals surface area contributed by atoms with E-state index in [0.29, 0.717) is 25.4 Å². The molecule has 0 atom stereocenters. The molecule has 0 spiro atoms. The summed E-state index contributed by atoms with van der Waals surface area (Å²) in [7, 11) is 0. The minimum absolute atomic E-state index is 0.0411. The van der Waals surface area contributed by atoms with Crippen LogP contribution in [0, 0.1) is 0 Å². The summed E-state index contributed by atoms with van der Waals surface area (Å²) in [5, 5.41) is 0. The van der Waals surface area contributed by atoms with Crippen molar-refractivity contribution in [1.82, 2.24) is 4.90 Å². The number of amides is 1. The van der Waals surface area contributed by atoms with Crippen LogP contribution in [0.4, 0.5) is 0 Å². The third-order valence-corrected chi connectivity index (χ3v) is 3.39. The SMILES string of the molecule is C=CCN(Cc1ccc(Cl)s1)C(=O)CCCl. The van der Waals surface area contributed by atoms with E-state index in [1.165, 1.54) is 11.3 Å². The maximum absolute atomic E-state index is 11.7. The summed E-state index contributed by atoms with van der Waals surface area (Å²) in [6.07, 6.45) is 2.07. The number of carbonyl (C=O) groups excluding carboxylic acids is 1. The molecule has 16 heavy (non-hydrogen) atoms. The number of thiophene rings is 1. The number of carbonyl (C=O) groups is 1. The monoisotopic (exact) mass is 277 g/mol. The van der Waals surface area contributed by atoms with E-state index in [4.69, 9.17) is 23.2 Å². The van der Waals surface area contributed by atoms with E-state index in [-0.39, 0.29) is 5.91 Å². The van der Waals surface area contributed by atoms with Gasteiger partial charge in [0.2, 0.25) is 5.91 Å². The van der Waals surface area contributed by atoms with Crippen molar-refractivity contribution in [2.45, 2.75) is 13.0 Å². The summed E-state index contributed by atoms with van der Waals surface area (Å²) in [5.41, 5.74) is 0. The second-order valence-corrected chi connectivity index (χ2v) is 5.39. The second-order valence-electron chi connectivity index (χ2n) is 3.21. The molecule has 88 valence electrons. The molecule has 0 unspecified atom stereocenters. The molecule has 0 saturated heterocycles. The first-order valence-electron chi connectivity index (χ1n) is 4.86. The van der Waals surface area contributed by atoms with Gasteiger partial charge in [-0.1, -0.05) is 17.7 Å². The van der Waals surface area contributed by atoms with Crippen molar-refractivity contribution in [2.75, 3.05) is 12.4 Å². The van der Waals surface area contributed by atoms with E-state index in [1.54, 1.807) is 11.0 Å². The number of alkyl halides is 1. The van der Waals surface area contributed by atoms with Crippen molar-refractivity contribution in [3.05, 3.63) is 34.0 Å². The fraction of sp³-hybridized carbons (Fsp3) is 0.364. The number of nitrogens with zero attached hydrogens (tertiary/aromatic N) is 1. The lowest BCUT2D eigenvalue weighted by atomic mass is 10.3. The van der Waals surface area contributed by atoms with Crippen LogP contribution in [0.15, 0.2) is 24.8 Å². The van der Waals surface area contributed by atoms with Gasteiger partial charge in [-0.2, -0.15) is 0 Å². The zero-order valence-electron chi connectivity index (χ0n) is 8.79. The normalized spacial score (nSPS) is 10.1. The van der Waals surface area contributed by atoms with Crippen LogP contribution in [0.25, 0.3) is 0 Å². The largest absolute Gasteiger partial charge is 0.334 e. The van der Waals surface area contributed by atoms with Gasteiger partial charge in [0, 0.05) is 23.7 Å². The van der Waals surface area contributed by atoms with Crippen LogP contribution in [0.5, 0.6) is 0 Å². The van der Waals surface area contributed by atoms with Crippen molar-refractivity contribution in [3.63, 3.8) is 0 Å². The number of halogens is 2. The van der Waals surface area contributed by atoms with Crippen molar-refractivity contribution < 1.29 is 4.79 Å². The van der Waals surface area contributed by atoms with Gasteiger partial charge in [-0.05, 0) is 12.1 Å². The number of rotatable bonds is 6. The van der Waals surface area contributed by atoms with Crippen molar-refractivity contribution in [1.29, 1.82) is 0 Å². The third-order valence-electron chi connectivity index (χ3n) is 1.99. The van der Waals surface area contributed by atoms with Gasteiger partial charge in [-0.25, -0.2) is 0 Å². The Morgan fingerprint density at radius 3 is 2.81 bits per heavy atom. The van der Waals surface area contributed by atoms with Crippen LogP contribution >= 0.6 is 34.5 Å². The Kier molecular flexibility index (Phi) is 5.88. The predicted molar refractivity (Wildman–Crippen MR) is 70.3 cm³/mol. The second kappa shape index (κ2) is 6.94. The highest BCUT2D eigenvalue weighted by Gasteiger charge is 2.12. The minimum atomic E-state index is 0.0411. The highest BCUT2D eigenvalue weighted by molar-refractivity contribution is 7.16. The molecular weight excluding hydrogens is 265 g/mol. The highest BCUT2D eigenvalue weighted by atomic mass is 35.5. The molecule has 1 aromatic heterocycles. The quantitative estimate of drug-likeness (QED) is 0.575. The smallest absolute Gasteiger partial charge is 0.224 e. The zero-order valence-corrected chi connectivity index (χ0v) is 11.1. The van der Waals surface area contributed by atoms with Crippen LogP contribution in [0.1, 0.15) is 11.3 Å². The fourth-order valence-corrected chi connectivity index (χ4v) is 2.54. The average Bonchev–Trinajstić information content (AvgIpc) is 2.64. The molecule has 0 aliphatic carbocycles. The Morgan fingerprint density at radius 1 is 1.56 bits per heavy atom. The highest BCUT2D eigenvalue weighted by Crippen LogP contribution is 2.22. The topological polar surface area (TPSA) is 20.3 Å². The molecule has 0 bridgehead atoms. The van der Waals surface area contributed by atoms with Gasteiger partial charge in [0.25, 0.3) is 0 Å². The maximum Gasteiger partial charge on any atom is 0.224 e. The van der Waals surface area contributed by atoms with Gasteiger partial charge >= 0.3 is 0 Å². The molecule has 1 rings (SSSR count). The lowest BCUT2D eigenvalue weighted by molar-refractivity contribution is -0.130. The van der Waals surface area contributed by atoms with E-state index < -0.39 is 0 Å². The molecule has 0 saturated carbocycles. The molecule has 0 radical (unpaired) electrons. The van der Waals surface area contributed by atoms with E-state index in [2.05, 4.69) is 6.58 Å². The molecule has 0 aliphatic heterocycles. The Bertz CT molecular complexity index is 365.